The fourth-order valence-corrected chi connectivity index (χ4v) is 2.84. The van der Waals surface area contributed by atoms with Crippen LogP contribution in [-0.2, 0) is 13.5 Å². The van der Waals surface area contributed by atoms with Crippen molar-refractivity contribution in [3.8, 4) is 0 Å². The average Bonchev–Trinajstić information content (AvgIpc) is 2.97. The summed E-state index contributed by atoms with van der Waals surface area (Å²) in [5, 5.41) is 11.5. The second-order valence-corrected chi connectivity index (χ2v) is 5.09. The van der Waals surface area contributed by atoms with E-state index in [1.54, 1.807) is 12.4 Å². The Balaban J connectivity index is 1.80. The zero-order valence-corrected chi connectivity index (χ0v) is 11.1. The molecule has 0 fully saturated rings. The second kappa shape index (κ2) is 4.74. The van der Waals surface area contributed by atoms with E-state index in [-0.39, 0.29) is 17.9 Å². The van der Waals surface area contributed by atoms with Gasteiger partial charge in [-0.15, -0.1) is 10.2 Å². The summed E-state index contributed by atoms with van der Waals surface area (Å²) in [6, 6.07) is 5.60. The first-order valence-electron chi connectivity index (χ1n) is 6.54. The lowest BCUT2D eigenvalue weighted by molar-refractivity contribution is 0.442. The summed E-state index contributed by atoms with van der Waals surface area (Å²) in [6.07, 6.45) is 3.42. The van der Waals surface area contributed by atoms with E-state index in [9.17, 15) is 4.39 Å². The Bertz CT molecular complexity index is 593. The Labute approximate surface area is 111 Å². The van der Waals surface area contributed by atoms with Crippen molar-refractivity contribution >= 4 is 0 Å². The molecule has 3 rings (SSSR count). The summed E-state index contributed by atoms with van der Waals surface area (Å²) in [7, 11) is 1.93. The van der Waals surface area contributed by atoms with Crippen molar-refractivity contribution in [2.75, 3.05) is 0 Å². The SMILES string of the molecule is CC(NC1CCc2c(F)cccc21)c1nncn1C. The molecule has 5 heteroatoms. The highest BCUT2D eigenvalue weighted by molar-refractivity contribution is 5.35. The van der Waals surface area contributed by atoms with Crippen LogP contribution in [0.4, 0.5) is 4.39 Å². The molecule has 0 amide bonds. The number of fused-ring (bicyclic) bond motifs is 1. The van der Waals surface area contributed by atoms with Gasteiger partial charge in [-0.25, -0.2) is 4.39 Å². The van der Waals surface area contributed by atoms with Crippen LogP contribution in [0, 0.1) is 5.82 Å². The molecule has 2 aromatic rings. The average molecular weight is 260 g/mol. The molecule has 1 aromatic heterocycles. The van der Waals surface area contributed by atoms with E-state index in [2.05, 4.69) is 22.4 Å². The highest BCUT2D eigenvalue weighted by Crippen LogP contribution is 2.34. The first kappa shape index (κ1) is 12.3. The normalized spacial score (nSPS) is 19.4. The minimum absolute atomic E-state index is 0.0896. The van der Waals surface area contributed by atoms with Crippen molar-refractivity contribution in [2.24, 2.45) is 7.05 Å². The van der Waals surface area contributed by atoms with Crippen LogP contribution in [0.1, 0.15) is 42.4 Å². The van der Waals surface area contributed by atoms with Crippen molar-refractivity contribution in [3.05, 3.63) is 47.3 Å². The molecule has 0 saturated heterocycles. The maximum atomic E-state index is 13.7. The van der Waals surface area contributed by atoms with Crippen LogP contribution in [0.3, 0.4) is 0 Å². The van der Waals surface area contributed by atoms with Gasteiger partial charge in [-0.1, -0.05) is 12.1 Å². The molecule has 1 aliphatic rings. The molecule has 2 unspecified atom stereocenters. The van der Waals surface area contributed by atoms with E-state index in [0.717, 1.165) is 29.8 Å². The van der Waals surface area contributed by atoms with Crippen molar-refractivity contribution in [2.45, 2.75) is 31.8 Å². The maximum absolute atomic E-state index is 13.7. The van der Waals surface area contributed by atoms with Crippen LogP contribution >= 0.6 is 0 Å². The number of benzene rings is 1. The molecular formula is C14H17FN4. The van der Waals surface area contributed by atoms with E-state index in [1.807, 2.05) is 17.7 Å². The molecule has 1 aromatic carbocycles. The monoisotopic (exact) mass is 260 g/mol. The minimum Gasteiger partial charge on any atom is -0.319 e. The van der Waals surface area contributed by atoms with Crippen molar-refractivity contribution in [3.63, 3.8) is 0 Å². The van der Waals surface area contributed by atoms with E-state index in [4.69, 9.17) is 0 Å². The van der Waals surface area contributed by atoms with Crippen LogP contribution < -0.4 is 5.32 Å². The van der Waals surface area contributed by atoms with Crippen LogP contribution in [0.2, 0.25) is 0 Å². The number of aryl methyl sites for hydroxylation is 1. The van der Waals surface area contributed by atoms with Gasteiger partial charge in [-0.05, 0) is 37.0 Å². The van der Waals surface area contributed by atoms with Gasteiger partial charge < -0.3 is 9.88 Å². The zero-order chi connectivity index (χ0) is 13.4. The summed E-state index contributed by atoms with van der Waals surface area (Å²) in [4.78, 5) is 0. The van der Waals surface area contributed by atoms with E-state index in [1.165, 1.54) is 6.07 Å². The quantitative estimate of drug-likeness (QED) is 0.920. The highest BCUT2D eigenvalue weighted by atomic mass is 19.1. The number of rotatable bonds is 3. The number of halogens is 1. The smallest absolute Gasteiger partial charge is 0.149 e. The maximum Gasteiger partial charge on any atom is 0.149 e. The number of hydrogen-bond donors (Lipinski definition) is 1. The molecule has 0 aliphatic heterocycles. The van der Waals surface area contributed by atoms with Gasteiger partial charge in [0.15, 0.2) is 0 Å². The van der Waals surface area contributed by atoms with Gasteiger partial charge >= 0.3 is 0 Å². The number of nitrogens with zero attached hydrogens (tertiary/aromatic N) is 3. The van der Waals surface area contributed by atoms with Gasteiger partial charge in [0.2, 0.25) is 0 Å². The van der Waals surface area contributed by atoms with E-state index >= 15 is 0 Å². The summed E-state index contributed by atoms with van der Waals surface area (Å²) >= 11 is 0. The third kappa shape index (κ3) is 2.14. The van der Waals surface area contributed by atoms with Gasteiger partial charge in [-0.3, -0.25) is 0 Å². The predicted molar refractivity (Wildman–Crippen MR) is 70.0 cm³/mol. The highest BCUT2D eigenvalue weighted by Gasteiger charge is 2.26. The first-order valence-corrected chi connectivity index (χ1v) is 6.54. The molecule has 100 valence electrons. The molecule has 1 heterocycles. The molecule has 0 bridgehead atoms. The molecule has 0 spiro atoms. The Morgan fingerprint density at radius 3 is 3.05 bits per heavy atom. The fourth-order valence-electron chi connectivity index (χ4n) is 2.84. The number of hydrogen-bond acceptors (Lipinski definition) is 3. The summed E-state index contributed by atoms with van der Waals surface area (Å²) < 4.78 is 15.6. The molecular weight excluding hydrogens is 243 g/mol. The summed E-state index contributed by atoms with van der Waals surface area (Å²) in [5.41, 5.74) is 1.93. The Kier molecular flexibility index (Phi) is 3.06. The lowest BCUT2D eigenvalue weighted by Gasteiger charge is -2.19. The van der Waals surface area contributed by atoms with E-state index in [0.29, 0.717) is 0 Å². The van der Waals surface area contributed by atoms with Crippen molar-refractivity contribution in [1.82, 2.24) is 20.1 Å². The standard InChI is InChI=1S/C14H17FN4/c1-9(14-18-16-8-19(14)2)17-13-7-6-10-11(13)4-3-5-12(10)15/h3-5,8-9,13,17H,6-7H2,1-2H3. The predicted octanol–water partition coefficient (Wildman–Crippen LogP) is 2.29. The second-order valence-electron chi connectivity index (χ2n) is 5.09. The molecule has 1 N–H and O–H groups in total. The zero-order valence-electron chi connectivity index (χ0n) is 11.1. The number of aromatic nitrogens is 3. The third-order valence-electron chi connectivity index (χ3n) is 3.80. The largest absolute Gasteiger partial charge is 0.319 e. The topological polar surface area (TPSA) is 42.7 Å². The summed E-state index contributed by atoms with van der Waals surface area (Å²) in [6.45, 7) is 2.06. The molecule has 19 heavy (non-hydrogen) atoms. The van der Waals surface area contributed by atoms with Gasteiger partial charge in [0.25, 0.3) is 0 Å². The van der Waals surface area contributed by atoms with Crippen molar-refractivity contribution < 1.29 is 4.39 Å². The fraction of sp³-hybridized carbons (Fsp3) is 0.429. The van der Waals surface area contributed by atoms with Gasteiger partial charge in [0, 0.05) is 13.1 Å². The van der Waals surface area contributed by atoms with Gasteiger partial charge in [0.05, 0.1) is 6.04 Å². The number of nitrogens with one attached hydrogen (secondary N) is 1. The minimum atomic E-state index is -0.0897. The van der Waals surface area contributed by atoms with Crippen LogP contribution in [0.25, 0.3) is 0 Å². The molecule has 2 atom stereocenters. The lowest BCUT2D eigenvalue weighted by Crippen LogP contribution is -2.25. The van der Waals surface area contributed by atoms with Crippen LogP contribution in [-0.4, -0.2) is 14.8 Å². The lowest BCUT2D eigenvalue weighted by atomic mass is 10.1. The summed E-state index contributed by atoms with van der Waals surface area (Å²) in [5.74, 6) is 0.804. The Morgan fingerprint density at radius 1 is 1.47 bits per heavy atom. The molecule has 4 nitrogen and oxygen atoms in total. The third-order valence-corrected chi connectivity index (χ3v) is 3.80. The van der Waals surface area contributed by atoms with Gasteiger partial charge in [-0.2, -0.15) is 0 Å². The molecule has 0 radical (unpaired) electrons. The molecule has 1 aliphatic carbocycles. The van der Waals surface area contributed by atoms with Crippen LogP contribution in [0.5, 0.6) is 0 Å². The van der Waals surface area contributed by atoms with Crippen LogP contribution in [0.15, 0.2) is 24.5 Å². The Hall–Kier alpha value is -1.75. The van der Waals surface area contributed by atoms with E-state index < -0.39 is 0 Å². The van der Waals surface area contributed by atoms with Gasteiger partial charge in [0.1, 0.15) is 18.0 Å². The Morgan fingerprint density at radius 2 is 2.32 bits per heavy atom. The first-order chi connectivity index (χ1) is 9.16. The molecule has 0 saturated carbocycles. The van der Waals surface area contributed by atoms with Crippen molar-refractivity contribution in [1.29, 1.82) is 0 Å².